The van der Waals surface area contributed by atoms with Gasteiger partial charge in [0.15, 0.2) is 11.6 Å². The van der Waals surface area contributed by atoms with Crippen molar-refractivity contribution in [2.45, 2.75) is 102 Å². The van der Waals surface area contributed by atoms with Crippen LogP contribution in [0.4, 0.5) is 11.4 Å². The number of nitrogens with one attached hydrogen (secondary N) is 8. The van der Waals surface area contributed by atoms with Gasteiger partial charge in [0.2, 0.25) is 35.4 Å². The Kier molecular flexibility index (Phi) is 23.2. The number of hydrogen-bond donors (Lipinski definition) is 8. The lowest BCUT2D eigenvalue weighted by atomic mass is 9.97. The van der Waals surface area contributed by atoms with Crippen molar-refractivity contribution in [2.24, 2.45) is 25.9 Å². The van der Waals surface area contributed by atoms with Crippen LogP contribution in [0.25, 0.3) is 45.0 Å². The van der Waals surface area contributed by atoms with E-state index in [1.807, 2.05) is 48.2 Å². The number of nitrogens with zero attached hydrogens (tertiary/aromatic N) is 10. The Hall–Kier alpha value is -9.12. The molecule has 2 aromatic carbocycles. The van der Waals surface area contributed by atoms with Crippen LogP contribution < -0.4 is 52.0 Å². The Morgan fingerprint density at radius 2 is 0.962 bits per heavy atom. The molecule has 0 saturated carbocycles. The first-order valence-electron chi connectivity index (χ1n) is 35.1. The molecule has 0 bridgehead atoms. The molecule has 4 saturated heterocycles. The molecule has 30 heteroatoms. The van der Waals surface area contributed by atoms with Gasteiger partial charge in [-0.25, -0.2) is 19.9 Å². The van der Waals surface area contributed by atoms with Gasteiger partial charge in [-0.05, 0) is 88.0 Å². The second-order valence-corrected chi connectivity index (χ2v) is 28.3. The SMILES string of the molecule is COc1nc(-c2ccnc(-c3cccc(NC(=O)c4nc5c(n4C)CCN(C(=O)[C@H]4CCCNC4)C5)c3Cl)c2Cl)ccc1CNC[C@@H]1CCC(=O)N1.COc1nc(-c2ccnc(-c3cccc(NC(=O)c4nc5c(n4C)CCN(C(=O)[C@H]4CCCNC4)C5)c3Cl)c2Cl)ccc1CNC[C@@H]1CCC(=O)N1. The van der Waals surface area contributed by atoms with Crippen molar-refractivity contribution in [3.05, 3.63) is 151 Å². The molecule has 14 rings (SSSR count). The summed E-state index contributed by atoms with van der Waals surface area (Å²) in [5.74, 6) is 0.947. The number of hydrogen-bond acceptors (Lipinski definition) is 18. The molecule has 104 heavy (non-hydrogen) atoms. The zero-order valence-electron chi connectivity index (χ0n) is 58.2. The molecule has 6 amide bonds. The van der Waals surface area contributed by atoms with Crippen molar-refractivity contribution in [1.82, 2.24) is 80.7 Å². The van der Waals surface area contributed by atoms with Gasteiger partial charge in [0, 0.05) is 161 Å². The average Bonchev–Trinajstić information content (AvgIpc) is 1.40. The van der Waals surface area contributed by atoms with Crippen molar-refractivity contribution >= 4 is 93.2 Å². The molecule has 0 aliphatic carbocycles. The smallest absolute Gasteiger partial charge is 0.291 e. The molecule has 0 unspecified atom stereocenters. The summed E-state index contributed by atoms with van der Waals surface area (Å²) in [6.45, 7) is 7.57. The quantitative estimate of drug-likeness (QED) is 0.0353. The van der Waals surface area contributed by atoms with E-state index in [0.29, 0.717) is 169 Å². The highest BCUT2D eigenvalue weighted by atomic mass is 35.5. The summed E-state index contributed by atoms with van der Waals surface area (Å²) in [4.78, 5) is 108. The van der Waals surface area contributed by atoms with Crippen LogP contribution in [-0.2, 0) is 72.3 Å². The van der Waals surface area contributed by atoms with E-state index in [1.165, 1.54) is 0 Å². The number of imidazole rings is 2. The Balaban J connectivity index is 0.000000185. The van der Waals surface area contributed by atoms with Gasteiger partial charge < -0.3 is 70.9 Å². The Labute approximate surface area is 621 Å². The highest BCUT2D eigenvalue weighted by molar-refractivity contribution is 6.40. The second-order valence-electron chi connectivity index (χ2n) is 26.8. The van der Waals surface area contributed by atoms with Crippen molar-refractivity contribution < 1.29 is 38.2 Å². The average molecular weight is 1490 g/mol. The molecular weight excluding hydrogens is 1410 g/mol. The number of amides is 6. The van der Waals surface area contributed by atoms with E-state index in [1.54, 1.807) is 84.3 Å². The van der Waals surface area contributed by atoms with Gasteiger partial charge >= 0.3 is 0 Å². The number of carbonyl (C=O) groups excluding carboxylic acids is 6. The van der Waals surface area contributed by atoms with E-state index in [4.69, 9.17) is 65.8 Å². The number of carbonyl (C=O) groups is 6. The predicted molar refractivity (Wildman–Crippen MR) is 396 cm³/mol. The van der Waals surface area contributed by atoms with Crippen molar-refractivity contribution in [3.8, 4) is 56.8 Å². The van der Waals surface area contributed by atoms with E-state index in [9.17, 15) is 28.8 Å². The molecule has 4 atom stereocenters. The molecular formula is C74H82Cl4N18O8. The number of benzene rings is 2. The van der Waals surface area contributed by atoms with Crippen molar-refractivity contribution in [2.75, 3.05) is 77.2 Å². The topological polar surface area (TPSA) is 311 Å². The van der Waals surface area contributed by atoms with Gasteiger partial charge in [0.25, 0.3) is 11.8 Å². The lowest BCUT2D eigenvalue weighted by molar-refractivity contribution is -0.137. The maximum atomic E-state index is 13.6. The van der Waals surface area contributed by atoms with E-state index < -0.39 is 11.8 Å². The van der Waals surface area contributed by atoms with E-state index in [0.717, 1.165) is 85.5 Å². The van der Waals surface area contributed by atoms with Crippen LogP contribution in [0.1, 0.15) is 107 Å². The van der Waals surface area contributed by atoms with Gasteiger partial charge in [-0.15, -0.1) is 0 Å². The first-order valence-corrected chi connectivity index (χ1v) is 36.6. The van der Waals surface area contributed by atoms with Gasteiger partial charge in [0.1, 0.15) is 0 Å². The maximum Gasteiger partial charge on any atom is 0.291 e. The number of piperidine rings is 2. The first kappa shape index (κ1) is 73.2. The predicted octanol–water partition coefficient (Wildman–Crippen LogP) is 8.73. The van der Waals surface area contributed by atoms with Crippen LogP contribution in [-0.4, -0.2) is 163 Å². The van der Waals surface area contributed by atoms with Crippen LogP contribution >= 0.6 is 46.4 Å². The molecule has 26 nitrogen and oxygen atoms in total. The summed E-state index contributed by atoms with van der Waals surface area (Å²) in [6.07, 6.45) is 11.0. The van der Waals surface area contributed by atoms with E-state index in [2.05, 4.69) is 62.5 Å². The van der Waals surface area contributed by atoms with Crippen molar-refractivity contribution in [1.29, 1.82) is 0 Å². The number of fused-ring (bicyclic) bond motifs is 2. The number of methoxy groups -OCH3 is 2. The van der Waals surface area contributed by atoms with Crippen LogP contribution in [0.5, 0.6) is 11.8 Å². The molecule has 6 aromatic heterocycles. The fraction of sp³-hybridized carbons (Fsp3) is 0.405. The minimum atomic E-state index is -0.419. The summed E-state index contributed by atoms with van der Waals surface area (Å²) >= 11 is 27.8. The fourth-order valence-corrected chi connectivity index (χ4v) is 15.5. The Morgan fingerprint density at radius 1 is 0.529 bits per heavy atom. The molecule has 8 N–H and O–H groups in total. The lowest BCUT2D eigenvalue weighted by Gasteiger charge is -2.32. The number of pyridine rings is 4. The molecule has 544 valence electrons. The maximum absolute atomic E-state index is 13.6. The van der Waals surface area contributed by atoms with E-state index >= 15 is 0 Å². The minimum Gasteiger partial charge on any atom is -0.481 e. The first-order chi connectivity index (χ1) is 50.4. The number of rotatable bonds is 20. The molecule has 0 spiro atoms. The highest BCUT2D eigenvalue weighted by Crippen LogP contribution is 2.43. The number of anilines is 2. The number of aromatic nitrogens is 8. The van der Waals surface area contributed by atoms with Crippen LogP contribution in [0.15, 0.2) is 85.2 Å². The Bertz CT molecular complexity index is 4310. The number of ether oxygens (including phenoxy) is 2. The summed E-state index contributed by atoms with van der Waals surface area (Å²) in [5.41, 5.74) is 10.2. The summed E-state index contributed by atoms with van der Waals surface area (Å²) < 4.78 is 14.8. The molecule has 12 heterocycles. The third kappa shape index (κ3) is 16.1. The van der Waals surface area contributed by atoms with Crippen LogP contribution in [0, 0.1) is 11.8 Å². The van der Waals surface area contributed by atoms with Gasteiger partial charge in [-0.2, -0.15) is 0 Å². The normalized spacial score (nSPS) is 18.5. The summed E-state index contributed by atoms with van der Waals surface area (Å²) in [6, 6.07) is 21.9. The van der Waals surface area contributed by atoms with Gasteiger partial charge in [-0.1, -0.05) is 82.8 Å². The van der Waals surface area contributed by atoms with Crippen LogP contribution in [0.2, 0.25) is 20.1 Å². The molecule has 8 aromatic rings. The standard InChI is InChI=1S/2C37H41Cl2N9O4/c2*1-47-29-13-16-48(37(51)22-5-4-14-40-18-22)20-28(29)44-34(47)35(50)45-27-7-3-6-25(31(27)38)33-32(39)24(12-15-42-33)26-10-8-21(36(46-26)52-2)17-41-19-23-9-11-30(49)43-23/h2*3,6-8,10,12,15,22-23,40-41H,4-5,9,11,13-14,16-20H2,1-2H3,(H,43,49)(H,45,50)/t2*22-,23-/m00/s1. The molecule has 6 aliphatic heterocycles. The van der Waals surface area contributed by atoms with Crippen LogP contribution in [0.3, 0.4) is 0 Å². The third-order valence-electron chi connectivity index (χ3n) is 20.0. The van der Waals surface area contributed by atoms with Gasteiger partial charge in [0.05, 0.1) is 105 Å². The monoisotopic (exact) mass is 1490 g/mol. The lowest BCUT2D eigenvalue weighted by Crippen LogP contribution is -2.45. The largest absolute Gasteiger partial charge is 0.481 e. The second kappa shape index (κ2) is 32.9. The number of halogens is 4. The summed E-state index contributed by atoms with van der Waals surface area (Å²) in [5, 5.41) is 26.4. The van der Waals surface area contributed by atoms with Gasteiger partial charge in [-0.3, -0.25) is 38.7 Å². The molecule has 4 fully saturated rings. The Morgan fingerprint density at radius 3 is 1.35 bits per heavy atom. The zero-order valence-corrected chi connectivity index (χ0v) is 61.2. The third-order valence-corrected chi connectivity index (χ3v) is 21.6. The van der Waals surface area contributed by atoms with Crippen molar-refractivity contribution in [3.63, 3.8) is 0 Å². The summed E-state index contributed by atoms with van der Waals surface area (Å²) in [7, 11) is 6.77. The fourth-order valence-electron chi connectivity index (χ4n) is 14.4. The minimum absolute atomic E-state index is 0.0217. The molecule has 6 aliphatic rings. The molecule has 0 radical (unpaired) electrons. The van der Waals surface area contributed by atoms with E-state index in [-0.39, 0.29) is 69.2 Å². The highest BCUT2D eigenvalue weighted by Gasteiger charge is 2.35. The zero-order chi connectivity index (χ0) is 72.7.